The first kappa shape index (κ1) is 14.0. The summed E-state index contributed by atoms with van der Waals surface area (Å²) in [5.41, 5.74) is 0.217. The van der Waals surface area contributed by atoms with E-state index in [1.807, 2.05) is 6.92 Å². The Kier molecular flexibility index (Phi) is 3.36. The van der Waals surface area contributed by atoms with Crippen LogP contribution in [0.15, 0.2) is 4.52 Å². The molecular formula is C13H21N3O3S. The predicted molar refractivity (Wildman–Crippen MR) is 73.7 cm³/mol. The van der Waals surface area contributed by atoms with Gasteiger partial charge in [-0.2, -0.15) is 4.98 Å². The van der Waals surface area contributed by atoms with Crippen molar-refractivity contribution < 1.29 is 12.9 Å². The molecule has 1 spiro atoms. The number of sulfonamides is 1. The van der Waals surface area contributed by atoms with E-state index in [-0.39, 0.29) is 11.2 Å². The Hall–Kier alpha value is -0.950. The smallest absolute Gasteiger partial charge is 0.223 e. The lowest BCUT2D eigenvalue weighted by molar-refractivity contribution is 0.249. The zero-order valence-corrected chi connectivity index (χ0v) is 12.8. The van der Waals surface area contributed by atoms with E-state index < -0.39 is 10.0 Å². The molecule has 0 aromatic carbocycles. The summed E-state index contributed by atoms with van der Waals surface area (Å²) in [5, 5.41) is 4.01. The lowest BCUT2D eigenvalue weighted by Gasteiger charge is -2.31. The zero-order valence-electron chi connectivity index (χ0n) is 12.0. The molecule has 0 bridgehead atoms. The predicted octanol–water partition coefficient (Wildman–Crippen LogP) is 1.69. The van der Waals surface area contributed by atoms with E-state index in [4.69, 9.17) is 4.52 Å². The molecule has 112 valence electrons. The van der Waals surface area contributed by atoms with Gasteiger partial charge in [0.2, 0.25) is 15.9 Å². The SMILES string of the molecule is CCCS(=O)(=O)N1CCC2(CC1)CC2c1noc(C)n1. The maximum Gasteiger partial charge on any atom is 0.223 e. The van der Waals surface area contributed by atoms with Gasteiger partial charge in [0.05, 0.1) is 5.75 Å². The molecule has 20 heavy (non-hydrogen) atoms. The van der Waals surface area contributed by atoms with E-state index in [1.54, 1.807) is 11.2 Å². The quantitative estimate of drug-likeness (QED) is 0.845. The van der Waals surface area contributed by atoms with Gasteiger partial charge in [0.15, 0.2) is 5.82 Å². The first-order valence-corrected chi connectivity index (χ1v) is 8.86. The molecule has 1 unspecified atom stereocenters. The van der Waals surface area contributed by atoms with E-state index in [0.717, 1.165) is 25.1 Å². The maximum atomic E-state index is 12.1. The number of rotatable bonds is 4. The molecule has 1 saturated heterocycles. The van der Waals surface area contributed by atoms with Crippen LogP contribution in [-0.4, -0.2) is 41.7 Å². The summed E-state index contributed by atoms with van der Waals surface area (Å²) in [6.45, 7) is 4.97. The van der Waals surface area contributed by atoms with Gasteiger partial charge in [-0.1, -0.05) is 12.1 Å². The lowest BCUT2D eigenvalue weighted by atomic mass is 9.92. The largest absolute Gasteiger partial charge is 0.340 e. The van der Waals surface area contributed by atoms with Crippen molar-refractivity contribution in [3.63, 3.8) is 0 Å². The summed E-state index contributed by atoms with van der Waals surface area (Å²) < 4.78 is 30.8. The second kappa shape index (κ2) is 4.80. The number of aryl methyl sites for hydroxylation is 1. The molecule has 0 N–H and O–H groups in total. The fourth-order valence-electron chi connectivity index (χ4n) is 3.32. The van der Waals surface area contributed by atoms with E-state index in [2.05, 4.69) is 10.1 Å². The summed E-state index contributed by atoms with van der Waals surface area (Å²) >= 11 is 0. The van der Waals surface area contributed by atoms with Crippen LogP contribution in [0.3, 0.4) is 0 Å². The molecule has 2 aliphatic rings. The molecule has 1 saturated carbocycles. The van der Waals surface area contributed by atoms with E-state index in [0.29, 0.717) is 31.3 Å². The Morgan fingerprint density at radius 1 is 1.40 bits per heavy atom. The van der Waals surface area contributed by atoms with Crippen LogP contribution in [0.25, 0.3) is 0 Å². The number of hydrogen-bond donors (Lipinski definition) is 0. The van der Waals surface area contributed by atoms with Crippen LogP contribution in [0.4, 0.5) is 0 Å². The van der Waals surface area contributed by atoms with E-state index in [9.17, 15) is 8.42 Å². The minimum absolute atomic E-state index is 0.217. The highest BCUT2D eigenvalue weighted by atomic mass is 32.2. The minimum atomic E-state index is -3.05. The standard InChI is InChI=1S/C13H21N3O3S/c1-3-8-20(17,18)16-6-4-13(5-7-16)9-11(13)12-14-10(2)19-15-12/h11H,3-9H2,1-2H3. The van der Waals surface area contributed by atoms with Gasteiger partial charge in [0.1, 0.15) is 0 Å². The summed E-state index contributed by atoms with van der Waals surface area (Å²) in [7, 11) is -3.05. The number of nitrogens with zero attached hydrogens (tertiary/aromatic N) is 3. The third-order valence-corrected chi connectivity index (χ3v) is 6.69. The van der Waals surface area contributed by atoms with Crippen LogP contribution in [0.1, 0.15) is 50.2 Å². The van der Waals surface area contributed by atoms with E-state index >= 15 is 0 Å². The molecular weight excluding hydrogens is 278 g/mol. The molecule has 2 fully saturated rings. The van der Waals surface area contributed by atoms with Crippen molar-refractivity contribution in [3.05, 3.63) is 11.7 Å². The van der Waals surface area contributed by atoms with Gasteiger partial charge in [0, 0.05) is 25.9 Å². The molecule has 1 aromatic heterocycles. The summed E-state index contributed by atoms with van der Waals surface area (Å²) in [5.74, 6) is 2.02. The molecule has 0 radical (unpaired) electrons. The van der Waals surface area contributed by atoms with Gasteiger partial charge in [-0.3, -0.25) is 0 Å². The van der Waals surface area contributed by atoms with Gasteiger partial charge >= 0.3 is 0 Å². The Bertz CT molecular complexity index is 588. The summed E-state index contributed by atoms with van der Waals surface area (Å²) in [6, 6.07) is 0. The monoisotopic (exact) mass is 299 g/mol. The third kappa shape index (κ3) is 2.37. The summed E-state index contributed by atoms with van der Waals surface area (Å²) in [4.78, 5) is 4.31. The average molecular weight is 299 g/mol. The number of piperidine rings is 1. The zero-order chi connectivity index (χ0) is 14.4. The van der Waals surface area contributed by atoms with Crippen LogP contribution in [-0.2, 0) is 10.0 Å². The highest BCUT2D eigenvalue weighted by molar-refractivity contribution is 7.89. The van der Waals surface area contributed by atoms with E-state index in [1.165, 1.54) is 0 Å². The topological polar surface area (TPSA) is 76.3 Å². The van der Waals surface area contributed by atoms with Crippen molar-refractivity contribution in [1.29, 1.82) is 0 Å². The van der Waals surface area contributed by atoms with Crippen LogP contribution in [0.5, 0.6) is 0 Å². The normalized spacial score (nSPS) is 26.0. The molecule has 3 rings (SSSR count). The third-order valence-electron chi connectivity index (χ3n) is 4.62. The highest BCUT2D eigenvalue weighted by Crippen LogP contribution is 2.64. The molecule has 2 heterocycles. The van der Waals surface area contributed by atoms with Crippen molar-refractivity contribution in [3.8, 4) is 0 Å². The fourth-order valence-corrected chi connectivity index (χ4v) is 4.83. The van der Waals surface area contributed by atoms with Crippen LogP contribution >= 0.6 is 0 Å². The molecule has 1 atom stereocenters. The average Bonchev–Trinajstić information content (AvgIpc) is 2.90. The summed E-state index contributed by atoms with van der Waals surface area (Å²) in [6.07, 6.45) is 3.56. The number of aromatic nitrogens is 2. The second-order valence-corrected chi connectivity index (χ2v) is 8.09. The van der Waals surface area contributed by atoms with Crippen LogP contribution in [0.2, 0.25) is 0 Å². The highest BCUT2D eigenvalue weighted by Gasteiger charge is 2.58. The molecule has 1 aromatic rings. The molecule has 1 aliphatic carbocycles. The van der Waals surface area contributed by atoms with Gasteiger partial charge in [-0.15, -0.1) is 0 Å². The van der Waals surface area contributed by atoms with Gasteiger partial charge in [0.25, 0.3) is 0 Å². The molecule has 0 amide bonds. The number of hydrogen-bond acceptors (Lipinski definition) is 5. The molecule has 6 nitrogen and oxygen atoms in total. The lowest BCUT2D eigenvalue weighted by Crippen LogP contribution is -2.40. The second-order valence-electron chi connectivity index (χ2n) is 6.01. The van der Waals surface area contributed by atoms with Crippen molar-refractivity contribution in [2.24, 2.45) is 5.41 Å². The first-order chi connectivity index (χ1) is 9.47. The Morgan fingerprint density at radius 3 is 2.65 bits per heavy atom. The van der Waals surface area contributed by atoms with Crippen LogP contribution < -0.4 is 0 Å². The fraction of sp³-hybridized carbons (Fsp3) is 0.846. The van der Waals surface area contributed by atoms with Gasteiger partial charge in [-0.25, -0.2) is 12.7 Å². The van der Waals surface area contributed by atoms with Crippen molar-refractivity contribution in [2.45, 2.75) is 45.4 Å². The first-order valence-electron chi connectivity index (χ1n) is 7.25. The minimum Gasteiger partial charge on any atom is -0.340 e. The van der Waals surface area contributed by atoms with Crippen LogP contribution in [0, 0.1) is 12.3 Å². The van der Waals surface area contributed by atoms with Crippen molar-refractivity contribution in [2.75, 3.05) is 18.8 Å². The molecule has 1 aliphatic heterocycles. The maximum absolute atomic E-state index is 12.1. The van der Waals surface area contributed by atoms with Crippen molar-refractivity contribution >= 4 is 10.0 Å². The molecule has 7 heteroatoms. The van der Waals surface area contributed by atoms with Gasteiger partial charge in [-0.05, 0) is 31.1 Å². The van der Waals surface area contributed by atoms with Gasteiger partial charge < -0.3 is 4.52 Å². The Labute approximate surface area is 119 Å². The Morgan fingerprint density at radius 2 is 2.10 bits per heavy atom. The Balaban J connectivity index is 1.63. The van der Waals surface area contributed by atoms with Crippen molar-refractivity contribution in [1.82, 2.24) is 14.4 Å².